The van der Waals surface area contributed by atoms with Gasteiger partial charge < -0.3 is 9.84 Å². The van der Waals surface area contributed by atoms with Crippen LogP contribution in [0, 0.1) is 41.9 Å². The number of hydrogen-bond donors (Lipinski definition) is 1. The third-order valence-corrected chi connectivity index (χ3v) is 14.2. The molecule has 276 valence electrons. The number of allylic oxidation sites excluding steroid dienone is 3. The largest absolute Gasteiger partial charge is 0.508 e. The number of ether oxygens (including phenoxy) is 1. The van der Waals surface area contributed by atoms with Crippen LogP contribution in [0.3, 0.4) is 0 Å². The fourth-order valence-electron chi connectivity index (χ4n) is 10.1. The Hall–Kier alpha value is -5.52. The van der Waals surface area contributed by atoms with Crippen molar-refractivity contribution in [3.05, 3.63) is 112 Å². The van der Waals surface area contributed by atoms with Gasteiger partial charge in [0, 0.05) is 40.7 Å². The predicted molar refractivity (Wildman–Crippen MR) is 209 cm³/mol. The van der Waals surface area contributed by atoms with Crippen LogP contribution in [0.2, 0.25) is 5.02 Å². The van der Waals surface area contributed by atoms with Crippen molar-refractivity contribution in [2.45, 2.75) is 33.1 Å². The summed E-state index contributed by atoms with van der Waals surface area (Å²) in [6.45, 7) is 3.87. The highest BCUT2D eigenvalue weighted by Crippen LogP contribution is 2.63. The number of aromatic hydroxyl groups is 1. The van der Waals surface area contributed by atoms with Crippen LogP contribution in [0.15, 0.2) is 96.3 Å². The van der Waals surface area contributed by atoms with Gasteiger partial charge in [-0.25, -0.2) is 4.90 Å². The first-order valence-electron chi connectivity index (χ1n) is 18.4. The number of rotatable bonds is 4. The molecule has 5 aliphatic rings. The maximum absolute atomic E-state index is 15.2. The number of hydrogen-bond acceptors (Lipinski definition) is 8. The van der Waals surface area contributed by atoms with Crippen molar-refractivity contribution in [3.63, 3.8) is 0 Å². The van der Waals surface area contributed by atoms with Crippen molar-refractivity contribution in [1.82, 2.24) is 9.78 Å². The second-order valence-electron chi connectivity index (χ2n) is 15.5. The number of amides is 4. The van der Waals surface area contributed by atoms with Gasteiger partial charge in [0.25, 0.3) is 0 Å². The van der Waals surface area contributed by atoms with Crippen LogP contribution in [-0.2, 0) is 32.6 Å². The Bertz CT molecular complexity index is 2610. The van der Waals surface area contributed by atoms with Crippen LogP contribution in [0.5, 0.6) is 11.5 Å². The SMILES string of the molecule is Cc1c(-c2cc(N3C(=O)C4CC5C(=CCC6C(=O)N(c7ccccc7)C(=O)C65)C(C5=COc6ccc(O)cc6C5)C4(C)C3=O)n(C)n2)sc2ccc(Cl)cc12. The summed E-state index contributed by atoms with van der Waals surface area (Å²) in [4.78, 5) is 62.0. The quantitative estimate of drug-likeness (QED) is 0.147. The zero-order valence-electron chi connectivity index (χ0n) is 30.2. The number of para-hydroxylation sites is 1. The molecule has 1 saturated carbocycles. The third kappa shape index (κ3) is 4.75. The van der Waals surface area contributed by atoms with Gasteiger partial charge in [-0.2, -0.15) is 5.10 Å². The molecule has 0 bridgehead atoms. The van der Waals surface area contributed by atoms with Crippen LogP contribution in [0.4, 0.5) is 11.5 Å². The van der Waals surface area contributed by atoms with Gasteiger partial charge in [0.2, 0.25) is 23.6 Å². The van der Waals surface area contributed by atoms with E-state index in [1.807, 2.05) is 44.2 Å². The highest BCUT2D eigenvalue weighted by atomic mass is 35.5. The summed E-state index contributed by atoms with van der Waals surface area (Å²) in [5.74, 6) is -3.37. The second-order valence-corrected chi connectivity index (χ2v) is 17.0. The third-order valence-electron chi connectivity index (χ3n) is 12.7. The lowest BCUT2D eigenvalue weighted by molar-refractivity contribution is -0.132. The van der Waals surface area contributed by atoms with Crippen LogP contribution in [0.25, 0.3) is 20.7 Å². The van der Waals surface area contributed by atoms with Crippen molar-refractivity contribution in [2.24, 2.45) is 42.1 Å². The average molecular weight is 771 g/mol. The fourth-order valence-corrected chi connectivity index (χ4v) is 11.4. The first-order chi connectivity index (χ1) is 26.4. The second kappa shape index (κ2) is 12.0. The lowest BCUT2D eigenvalue weighted by atomic mass is 9.51. The van der Waals surface area contributed by atoms with Crippen molar-refractivity contribution < 1.29 is 29.0 Å². The number of aryl methyl sites for hydroxylation is 2. The number of nitrogens with zero attached hydrogens (tertiary/aromatic N) is 4. The molecule has 5 aromatic rings. The number of aromatic nitrogens is 2. The van der Waals surface area contributed by atoms with E-state index in [4.69, 9.17) is 21.4 Å². The van der Waals surface area contributed by atoms with E-state index in [-0.39, 0.29) is 35.8 Å². The Balaban J connectivity index is 1.08. The standard InChI is InChI=1S/C43H35ClN4O6S/c1-21-29-17-24(44)9-14-34(29)55-38(21)32-19-35(46(3)45-32)48-40(51)31-18-30-27(11-12-28-36(30)41(52)47(39(28)50)25-7-5-4-6-8-25)37(43(31,2)42(48)53)23-15-22-16-26(49)10-13-33(22)54-20-23/h4-11,13-14,16-17,19-20,28,30-31,36-37,49H,12,15,18H2,1-3H3. The van der Waals surface area contributed by atoms with E-state index in [1.54, 1.807) is 77.9 Å². The molecule has 12 heteroatoms. The Kier molecular flexibility index (Phi) is 7.41. The van der Waals surface area contributed by atoms with E-state index >= 15 is 4.79 Å². The number of halogens is 1. The van der Waals surface area contributed by atoms with Gasteiger partial charge in [-0.15, -0.1) is 11.3 Å². The Morgan fingerprint density at radius 2 is 1.75 bits per heavy atom. The molecule has 2 aromatic heterocycles. The minimum Gasteiger partial charge on any atom is -0.508 e. The maximum atomic E-state index is 15.2. The fraction of sp³-hybridized carbons (Fsp3) is 0.279. The van der Waals surface area contributed by atoms with E-state index in [2.05, 4.69) is 0 Å². The molecule has 3 aliphatic heterocycles. The molecular weight excluding hydrogens is 736 g/mol. The highest BCUT2D eigenvalue weighted by molar-refractivity contribution is 7.22. The van der Waals surface area contributed by atoms with E-state index in [0.717, 1.165) is 37.2 Å². The van der Waals surface area contributed by atoms with E-state index in [1.165, 1.54) is 9.80 Å². The van der Waals surface area contributed by atoms with Crippen LogP contribution in [0.1, 0.15) is 30.9 Å². The van der Waals surface area contributed by atoms with Crippen molar-refractivity contribution in [1.29, 1.82) is 0 Å². The lowest BCUT2D eigenvalue weighted by Crippen LogP contribution is -2.51. The molecule has 55 heavy (non-hydrogen) atoms. The molecule has 0 radical (unpaired) electrons. The van der Waals surface area contributed by atoms with Crippen LogP contribution < -0.4 is 14.5 Å². The molecule has 1 N–H and O–H groups in total. The number of phenols is 1. The predicted octanol–water partition coefficient (Wildman–Crippen LogP) is 7.76. The van der Waals surface area contributed by atoms with Gasteiger partial charge in [-0.3, -0.25) is 28.8 Å². The molecule has 4 amide bonds. The average Bonchev–Trinajstić information content (AvgIpc) is 3.84. The number of fused-ring (bicyclic) bond motifs is 6. The zero-order valence-corrected chi connectivity index (χ0v) is 31.7. The summed E-state index contributed by atoms with van der Waals surface area (Å²) < 4.78 is 8.78. The topological polar surface area (TPSA) is 122 Å². The molecule has 0 spiro atoms. The molecule has 3 aromatic carbocycles. The summed E-state index contributed by atoms with van der Waals surface area (Å²) in [6, 6.07) is 21.4. The summed E-state index contributed by atoms with van der Waals surface area (Å²) in [5, 5.41) is 16.9. The Morgan fingerprint density at radius 1 is 0.945 bits per heavy atom. The first kappa shape index (κ1) is 34.0. The number of phenolic OH excluding ortho intramolecular Hbond substituents is 1. The lowest BCUT2D eigenvalue weighted by Gasteiger charge is -2.49. The molecule has 10 nitrogen and oxygen atoms in total. The number of imide groups is 2. The number of thiophene rings is 1. The first-order valence-corrected chi connectivity index (χ1v) is 19.6. The molecule has 3 fully saturated rings. The van der Waals surface area contributed by atoms with E-state index in [9.17, 15) is 19.5 Å². The number of carbonyl (C=O) groups is 4. The zero-order chi connectivity index (χ0) is 38.1. The summed E-state index contributed by atoms with van der Waals surface area (Å²) in [7, 11) is 1.73. The molecular formula is C43H35ClN4O6S. The summed E-state index contributed by atoms with van der Waals surface area (Å²) >= 11 is 7.90. The van der Waals surface area contributed by atoms with Gasteiger partial charge in [-0.05, 0) is 97.7 Å². The molecule has 6 atom stereocenters. The normalized spacial score (nSPS) is 27.1. The van der Waals surface area contributed by atoms with Gasteiger partial charge in [0.1, 0.15) is 23.0 Å². The maximum Gasteiger partial charge on any atom is 0.242 e. The van der Waals surface area contributed by atoms with Gasteiger partial charge in [-0.1, -0.05) is 41.4 Å². The minimum atomic E-state index is -1.25. The van der Waals surface area contributed by atoms with Gasteiger partial charge in [0.05, 0.1) is 40.0 Å². The number of benzene rings is 3. The van der Waals surface area contributed by atoms with Crippen molar-refractivity contribution in [2.75, 3.05) is 9.80 Å². The van der Waals surface area contributed by atoms with Gasteiger partial charge in [0.15, 0.2) is 0 Å². The molecule has 10 rings (SSSR count). The van der Waals surface area contributed by atoms with Crippen LogP contribution >= 0.6 is 22.9 Å². The van der Waals surface area contributed by atoms with Crippen LogP contribution in [-0.4, -0.2) is 38.5 Å². The van der Waals surface area contributed by atoms with E-state index < -0.39 is 35.0 Å². The molecule has 5 heterocycles. The molecule has 6 unspecified atom stereocenters. The summed E-state index contributed by atoms with van der Waals surface area (Å²) in [5.41, 5.74) is 3.31. The molecule has 2 aliphatic carbocycles. The number of anilines is 2. The van der Waals surface area contributed by atoms with E-state index in [0.29, 0.717) is 40.8 Å². The van der Waals surface area contributed by atoms with Gasteiger partial charge >= 0.3 is 0 Å². The number of carbonyl (C=O) groups excluding carboxylic acids is 4. The van der Waals surface area contributed by atoms with Crippen molar-refractivity contribution in [3.8, 4) is 22.1 Å². The Morgan fingerprint density at radius 3 is 2.55 bits per heavy atom. The summed E-state index contributed by atoms with van der Waals surface area (Å²) in [6.07, 6.45) is 4.64. The monoisotopic (exact) mass is 770 g/mol. The molecule has 2 saturated heterocycles. The highest BCUT2D eigenvalue weighted by Gasteiger charge is 2.68. The van der Waals surface area contributed by atoms with Crippen molar-refractivity contribution >= 4 is 68.2 Å². The Labute approximate surface area is 325 Å². The minimum absolute atomic E-state index is 0.0901. The smallest absolute Gasteiger partial charge is 0.242 e.